The fraction of sp³-hybridized carbons (Fsp3) is 0.875. The van der Waals surface area contributed by atoms with Gasteiger partial charge in [0, 0.05) is 17.8 Å². The Morgan fingerprint density at radius 1 is 1.75 bits per heavy atom. The van der Waals surface area contributed by atoms with Crippen molar-refractivity contribution in [3.8, 4) is 0 Å². The Balaban J connectivity index is 2.10. The predicted molar refractivity (Wildman–Crippen MR) is 50.6 cm³/mol. The van der Waals surface area contributed by atoms with Gasteiger partial charge < -0.3 is 10.4 Å². The van der Waals surface area contributed by atoms with Crippen LogP contribution in [0.5, 0.6) is 0 Å². The molecular formula is C8H15NO2S. The molecule has 0 spiro atoms. The highest BCUT2D eigenvalue weighted by molar-refractivity contribution is 8.00. The van der Waals surface area contributed by atoms with Crippen LogP contribution in [0.25, 0.3) is 0 Å². The van der Waals surface area contributed by atoms with Crippen molar-refractivity contribution in [2.75, 3.05) is 12.3 Å². The molecule has 0 aromatic carbocycles. The van der Waals surface area contributed by atoms with Crippen molar-refractivity contribution in [3.05, 3.63) is 0 Å². The first kappa shape index (κ1) is 9.86. The topological polar surface area (TPSA) is 49.3 Å². The summed E-state index contributed by atoms with van der Waals surface area (Å²) in [5.74, 6) is 0.479. The first-order chi connectivity index (χ1) is 5.70. The molecule has 0 radical (unpaired) electrons. The summed E-state index contributed by atoms with van der Waals surface area (Å²) in [7, 11) is 0. The van der Waals surface area contributed by atoms with E-state index in [1.165, 1.54) is 12.2 Å². The molecule has 4 heteroatoms. The standard InChI is InChI=1S/C8H15NO2S/c1-6-7(3-5-12-6)9-4-2-8(10)11/h6-7,9H,2-5H2,1H3,(H,10,11). The Bertz CT molecular complexity index is 163. The summed E-state index contributed by atoms with van der Waals surface area (Å²) in [6.45, 7) is 2.79. The molecule has 1 aliphatic heterocycles. The summed E-state index contributed by atoms with van der Waals surface area (Å²) >= 11 is 1.95. The zero-order chi connectivity index (χ0) is 8.97. The summed E-state index contributed by atoms with van der Waals surface area (Å²) in [6.07, 6.45) is 1.40. The van der Waals surface area contributed by atoms with Crippen LogP contribution >= 0.6 is 11.8 Å². The Morgan fingerprint density at radius 2 is 2.50 bits per heavy atom. The van der Waals surface area contributed by atoms with Crippen LogP contribution in [0.1, 0.15) is 19.8 Å². The Hall–Kier alpha value is -0.220. The number of carbonyl (C=O) groups is 1. The highest BCUT2D eigenvalue weighted by Crippen LogP contribution is 2.25. The number of hydrogen-bond donors (Lipinski definition) is 2. The van der Waals surface area contributed by atoms with Crippen molar-refractivity contribution in [1.29, 1.82) is 0 Å². The molecule has 0 bridgehead atoms. The van der Waals surface area contributed by atoms with E-state index < -0.39 is 5.97 Å². The number of carboxylic acid groups (broad SMARTS) is 1. The van der Waals surface area contributed by atoms with E-state index in [1.54, 1.807) is 0 Å². The molecule has 0 aliphatic carbocycles. The van der Waals surface area contributed by atoms with Gasteiger partial charge in [0.2, 0.25) is 0 Å². The van der Waals surface area contributed by atoms with Crippen molar-refractivity contribution < 1.29 is 9.90 Å². The van der Waals surface area contributed by atoms with Gasteiger partial charge in [-0.15, -0.1) is 0 Å². The van der Waals surface area contributed by atoms with Gasteiger partial charge in [0.1, 0.15) is 0 Å². The lowest BCUT2D eigenvalue weighted by Crippen LogP contribution is -2.34. The Labute approximate surface area is 76.9 Å². The molecule has 2 atom stereocenters. The van der Waals surface area contributed by atoms with E-state index in [0.29, 0.717) is 17.8 Å². The van der Waals surface area contributed by atoms with Crippen molar-refractivity contribution in [1.82, 2.24) is 5.32 Å². The molecule has 70 valence electrons. The average Bonchev–Trinajstić information content (AvgIpc) is 2.36. The third-order valence-corrected chi connectivity index (χ3v) is 3.45. The first-order valence-electron chi connectivity index (χ1n) is 4.27. The quantitative estimate of drug-likeness (QED) is 0.691. The minimum atomic E-state index is -0.721. The lowest BCUT2D eigenvalue weighted by Gasteiger charge is -2.15. The number of hydrogen-bond acceptors (Lipinski definition) is 3. The molecule has 2 unspecified atom stereocenters. The van der Waals surface area contributed by atoms with Crippen LogP contribution in [0.3, 0.4) is 0 Å². The maximum absolute atomic E-state index is 10.2. The second kappa shape index (κ2) is 4.72. The summed E-state index contributed by atoms with van der Waals surface area (Å²) < 4.78 is 0. The number of nitrogens with one attached hydrogen (secondary N) is 1. The predicted octanol–water partition coefficient (Wildman–Crippen LogP) is 0.945. The largest absolute Gasteiger partial charge is 0.481 e. The van der Waals surface area contributed by atoms with Gasteiger partial charge in [-0.2, -0.15) is 11.8 Å². The number of thioether (sulfide) groups is 1. The van der Waals surface area contributed by atoms with Crippen LogP contribution in [0.4, 0.5) is 0 Å². The second-order valence-electron chi connectivity index (χ2n) is 3.07. The molecule has 2 N–H and O–H groups in total. The number of aliphatic carboxylic acids is 1. The van der Waals surface area contributed by atoms with Gasteiger partial charge in [-0.25, -0.2) is 0 Å². The summed E-state index contributed by atoms with van der Waals surface area (Å²) in [6, 6.07) is 0.523. The highest BCUT2D eigenvalue weighted by atomic mass is 32.2. The molecule has 3 nitrogen and oxygen atoms in total. The van der Waals surface area contributed by atoms with Crippen LogP contribution in [0.15, 0.2) is 0 Å². The minimum absolute atomic E-state index is 0.230. The van der Waals surface area contributed by atoms with Crippen molar-refractivity contribution in [3.63, 3.8) is 0 Å². The van der Waals surface area contributed by atoms with Gasteiger partial charge in [0.15, 0.2) is 0 Å². The number of rotatable bonds is 4. The molecule has 1 saturated heterocycles. The van der Waals surface area contributed by atoms with Gasteiger partial charge in [-0.05, 0) is 12.2 Å². The molecule has 1 fully saturated rings. The van der Waals surface area contributed by atoms with Gasteiger partial charge in [-0.1, -0.05) is 6.92 Å². The van der Waals surface area contributed by atoms with E-state index in [4.69, 9.17) is 5.11 Å². The van der Waals surface area contributed by atoms with Crippen molar-refractivity contribution in [2.45, 2.75) is 31.1 Å². The average molecular weight is 189 g/mol. The molecule has 1 aliphatic rings. The van der Waals surface area contributed by atoms with E-state index in [2.05, 4.69) is 12.2 Å². The summed E-state index contributed by atoms with van der Waals surface area (Å²) in [4.78, 5) is 10.2. The van der Waals surface area contributed by atoms with Gasteiger partial charge in [0.05, 0.1) is 6.42 Å². The molecule has 1 rings (SSSR count). The molecule has 0 aromatic rings. The van der Waals surface area contributed by atoms with Crippen LogP contribution in [-0.2, 0) is 4.79 Å². The minimum Gasteiger partial charge on any atom is -0.481 e. The normalized spacial score (nSPS) is 29.1. The second-order valence-corrected chi connectivity index (χ2v) is 4.55. The fourth-order valence-corrected chi connectivity index (χ4v) is 2.59. The third kappa shape index (κ3) is 3.03. The Morgan fingerprint density at radius 3 is 3.00 bits per heavy atom. The lowest BCUT2D eigenvalue weighted by atomic mass is 10.2. The van der Waals surface area contributed by atoms with Crippen molar-refractivity contribution in [2.24, 2.45) is 0 Å². The SMILES string of the molecule is CC1SCCC1NCCC(=O)O. The fourth-order valence-electron chi connectivity index (χ4n) is 1.36. The first-order valence-corrected chi connectivity index (χ1v) is 5.32. The monoisotopic (exact) mass is 189 g/mol. The van der Waals surface area contributed by atoms with E-state index in [1.807, 2.05) is 11.8 Å². The molecule has 0 amide bonds. The van der Waals surface area contributed by atoms with Crippen LogP contribution in [-0.4, -0.2) is 34.7 Å². The summed E-state index contributed by atoms with van der Waals surface area (Å²) in [5.41, 5.74) is 0. The lowest BCUT2D eigenvalue weighted by molar-refractivity contribution is -0.136. The molecule has 0 aromatic heterocycles. The smallest absolute Gasteiger partial charge is 0.304 e. The number of carboxylic acids is 1. The van der Waals surface area contributed by atoms with Crippen LogP contribution in [0.2, 0.25) is 0 Å². The van der Waals surface area contributed by atoms with Crippen molar-refractivity contribution >= 4 is 17.7 Å². The summed E-state index contributed by atoms with van der Waals surface area (Å²) in [5, 5.41) is 12.3. The highest BCUT2D eigenvalue weighted by Gasteiger charge is 2.22. The van der Waals surface area contributed by atoms with E-state index in [9.17, 15) is 4.79 Å². The van der Waals surface area contributed by atoms with Gasteiger partial charge in [-0.3, -0.25) is 4.79 Å². The zero-order valence-corrected chi connectivity index (χ0v) is 8.06. The van der Waals surface area contributed by atoms with E-state index in [-0.39, 0.29) is 6.42 Å². The molecular weight excluding hydrogens is 174 g/mol. The Kier molecular flexibility index (Phi) is 3.88. The third-order valence-electron chi connectivity index (χ3n) is 2.12. The molecule has 0 saturated carbocycles. The van der Waals surface area contributed by atoms with Crippen LogP contribution in [0, 0.1) is 0 Å². The molecule has 12 heavy (non-hydrogen) atoms. The molecule has 1 heterocycles. The zero-order valence-electron chi connectivity index (χ0n) is 7.25. The van der Waals surface area contributed by atoms with Gasteiger partial charge >= 0.3 is 5.97 Å². The van der Waals surface area contributed by atoms with Gasteiger partial charge in [0.25, 0.3) is 0 Å². The van der Waals surface area contributed by atoms with E-state index >= 15 is 0 Å². The maximum atomic E-state index is 10.2. The van der Waals surface area contributed by atoms with E-state index in [0.717, 1.165) is 0 Å². The van der Waals surface area contributed by atoms with Crippen LogP contribution < -0.4 is 5.32 Å². The maximum Gasteiger partial charge on any atom is 0.304 e.